The van der Waals surface area contributed by atoms with Gasteiger partial charge in [0.15, 0.2) is 0 Å². The Hall–Kier alpha value is -1.01. The summed E-state index contributed by atoms with van der Waals surface area (Å²) in [6, 6.07) is 0. The van der Waals surface area contributed by atoms with Crippen LogP contribution in [0.3, 0.4) is 0 Å². The van der Waals surface area contributed by atoms with Crippen molar-refractivity contribution >= 4 is 14.0 Å². The topological polar surface area (TPSA) is 26.3 Å². The minimum absolute atomic E-state index is 0.336. The van der Waals surface area contributed by atoms with E-state index < -0.39 is 8.07 Å². The van der Waals surface area contributed by atoms with Crippen LogP contribution in [0.25, 0.3) is 0 Å². The van der Waals surface area contributed by atoms with Crippen LogP contribution in [0.1, 0.15) is 13.3 Å². The second kappa shape index (κ2) is 5.66. The fourth-order valence-electron chi connectivity index (χ4n) is 0.721. The standard InChI is InChI=1S/C11H18O2Si/c1-6-13-11(12)10(2)8-7-9-14(3,4)5/h2,6,8H2,1,3-5H3. The molecule has 0 aliphatic carbocycles. The SMILES string of the molecule is C=C(CC#C[Si](C)(C)C)C(=O)OCC. The Bertz CT molecular complexity index is 276. The summed E-state index contributed by atoms with van der Waals surface area (Å²) in [6.07, 6.45) is 0.420. The summed E-state index contributed by atoms with van der Waals surface area (Å²) in [5.74, 6) is 2.64. The maximum atomic E-state index is 11.1. The minimum Gasteiger partial charge on any atom is -0.463 e. The van der Waals surface area contributed by atoms with Gasteiger partial charge in [0.05, 0.1) is 6.61 Å². The van der Waals surface area contributed by atoms with Gasteiger partial charge in [-0.2, -0.15) is 0 Å². The first-order valence-corrected chi connectivity index (χ1v) is 8.21. The molecule has 0 saturated heterocycles. The maximum Gasteiger partial charge on any atom is 0.334 e. The maximum absolute atomic E-state index is 11.1. The van der Waals surface area contributed by atoms with Crippen molar-refractivity contribution in [3.63, 3.8) is 0 Å². The van der Waals surface area contributed by atoms with Gasteiger partial charge >= 0.3 is 5.97 Å². The molecular weight excluding hydrogens is 192 g/mol. The molecule has 0 bridgehead atoms. The van der Waals surface area contributed by atoms with Crippen molar-refractivity contribution in [2.75, 3.05) is 6.61 Å². The Morgan fingerprint density at radius 2 is 2.00 bits per heavy atom. The smallest absolute Gasteiger partial charge is 0.334 e. The van der Waals surface area contributed by atoms with Gasteiger partial charge in [-0.25, -0.2) is 4.79 Å². The van der Waals surface area contributed by atoms with E-state index in [4.69, 9.17) is 4.74 Å². The van der Waals surface area contributed by atoms with Gasteiger partial charge in [0.25, 0.3) is 0 Å². The van der Waals surface area contributed by atoms with Gasteiger partial charge in [-0.3, -0.25) is 0 Å². The summed E-state index contributed by atoms with van der Waals surface area (Å²) in [7, 11) is -1.33. The highest BCUT2D eigenvalue weighted by Crippen LogP contribution is 2.01. The van der Waals surface area contributed by atoms with E-state index in [0.717, 1.165) is 0 Å². The normalized spacial score (nSPS) is 10.0. The van der Waals surface area contributed by atoms with Crippen molar-refractivity contribution in [2.24, 2.45) is 0 Å². The lowest BCUT2D eigenvalue weighted by atomic mass is 10.2. The van der Waals surface area contributed by atoms with Gasteiger partial charge in [-0.05, 0) is 6.92 Å². The van der Waals surface area contributed by atoms with E-state index in [1.54, 1.807) is 6.92 Å². The molecule has 3 heteroatoms. The Morgan fingerprint density at radius 1 is 1.43 bits per heavy atom. The van der Waals surface area contributed by atoms with E-state index in [9.17, 15) is 4.79 Å². The first kappa shape index (κ1) is 13.0. The number of ether oxygens (including phenoxy) is 1. The lowest BCUT2D eigenvalue weighted by molar-refractivity contribution is -0.138. The fourth-order valence-corrected chi connectivity index (χ4v) is 1.34. The van der Waals surface area contributed by atoms with Crippen LogP contribution in [0.2, 0.25) is 19.6 Å². The predicted octanol–water partition coefficient (Wildman–Crippen LogP) is 2.38. The number of hydrogen-bond acceptors (Lipinski definition) is 2. The molecule has 0 spiro atoms. The van der Waals surface area contributed by atoms with E-state index in [-0.39, 0.29) is 5.97 Å². The molecule has 0 N–H and O–H groups in total. The van der Waals surface area contributed by atoms with Crippen molar-refractivity contribution < 1.29 is 9.53 Å². The molecule has 14 heavy (non-hydrogen) atoms. The third kappa shape index (κ3) is 6.50. The van der Waals surface area contributed by atoms with Gasteiger partial charge < -0.3 is 4.74 Å². The molecule has 0 heterocycles. The zero-order valence-corrected chi connectivity index (χ0v) is 10.4. The molecule has 0 rings (SSSR count). The quantitative estimate of drug-likeness (QED) is 0.309. The first-order valence-electron chi connectivity index (χ1n) is 4.71. The Balaban J connectivity index is 4.07. The third-order valence-electron chi connectivity index (χ3n) is 1.33. The summed E-state index contributed by atoms with van der Waals surface area (Å²) < 4.78 is 4.79. The third-order valence-corrected chi connectivity index (χ3v) is 2.26. The molecule has 0 aromatic carbocycles. The molecule has 0 aliphatic heterocycles. The lowest BCUT2D eigenvalue weighted by Crippen LogP contribution is -2.16. The van der Waals surface area contributed by atoms with Crippen LogP contribution in [0, 0.1) is 11.5 Å². The summed E-state index contributed by atoms with van der Waals surface area (Å²) in [4.78, 5) is 11.1. The molecule has 0 amide bonds. The largest absolute Gasteiger partial charge is 0.463 e. The Labute approximate surface area is 87.4 Å². The Morgan fingerprint density at radius 3 is 2.43 bits per heavy atom. The second-order valence-electron chi connectivity index (χ2n) is 4.05. The molecule has 0 fully saturated rings. The van der Waals surface area contributed by atoms with Gasteiger partial charge in [0, 0.05) is 12.0 Å². The van der Waals surface area contributed by atoms with E-state index in [2.05, 4.69) is 37.7 Å². The first-order chi connectivity index (χ1) is 6.37. The predicted molar refractivity (Wildman–Crippen MR) is 61.5 cm³/mol. The fraction of sp³-hybridized carbons (Fsp3) is 0.545. The van der Waals surface area contributed by atoms with E-state index in [0.29, 0.717) is 18.6 Å². The minimum atomic E-state index is -1.33. The number of carbonyl (C=O) groups is 1. The zero-order chi connectivity index (χ0) is 11.2. The average molecular weight is 210 g/mol. The highest BCUT2D eigenvalue weighted by atomic mass is 28.3. The molecule has 0 atom stereocenters. The van der Waals surface area contributed by atoms with Crippen LogP contribution in [-0.2, 0) is 9.53 Å². The average Bonchev–Trinajstić information content (AvgIpc) is 2.02. The zero-order valence-electron chi connectivity index (χ0n) is 9.44. The molecule has 78 valence electrons. The van der Waals surface area contributed by atoms with Crippen LogP contribution in [-0.4, -0.2) is 20.7 Å². The summed E-state index contributed by atoms with van der Waals surface area (Å²) >= 11 is 0. The summed E-state index contributed by atoms with van der Waals surface area (Å²) in [6.45, 7) is 12.3. The van der Waals surface area contributed by atoms with E-state index in [1.165, 1.54) is 0 Å². The monoisotopic (exact) mass is 210 g/mol. The number of rotatable bonds is 3. The van der Waals surface area contributed by atoms with E-state index >= 15 is 0 Å². The van der Waals surface area contributed by atoms with Crippen LogP contribution in [0.15, 0.2) is 12.2 Å². The lowest BCUT2D eigenvalue weighted by Gasteiger charge is -2.04. The molecule has 0 unspecified atom stereocenters. The molecule has 0 aromatic rings. The van der Waals surface area contributed by atoms with Crippen LogP contribution in [0.5, 0.6) is 0 Å². The molecule has 2 nitrogen and oxygen atoms in total. The van der Waals surface area contributed by atoms with Gasteiger partial charge in [0.1, 0.15) is 8.07 Å². The van der Waals surface area contributed by atoms with Crippen molar-refractivity contribution in [1.82, 2.24) is 0 Å². The van der Waals surface area contributed by atoms with E-state index in [1.807, 2.05) is 0 Å². The molecule has 0 radical (unpaired) electrons. The van der Waals surface area contributed by atoms with Gasteiger partial charge in [0.2, 0.25) is 0 Å². The summed E-state index contributed by atoms with van der Waals surface area (Å²) in [5.41, 5.74) is 3.61. The van der Waals surface area contributed by atoms with Gasteiger partial charge in [-0.1, -0.05) is 26.2 Å². The highest BCUT2D eigenvalue weighted by molar-refractivity contribution is 6.83. The molecule has 0 saturated carbocycles. The second-order valence-corrected chi connectivity index (χ2v) is 8.80. The number of esters is 1. The molecule has 0 aliphatic rings. The van der Waals surface area contributed by atoms with Gasteiger partial charge in [-0.15, -0.1) is 11.5 Å². The van der Waals surface area contributed by atoms with Crippen LogP contribution in [0.4, 0.5) is 0 Å². The molecule has 0 aromatic heterocycles. The van der Waals surface area contributed by atoms with Crippen molar-refractivity contribution in [2.45, 2.75) is 33.0 Å². The number of carbonyl (C=O) groups excluding carboxylic acids is 1. The van der Waals surface area contributed by atoms with Crippen molar-refractivity contribution in [3.8, 4) is 11.5 Å². The van der Waals surface area contributed by atoms with Crippen LogP contribution >= 0.6 is 0 Å². The Kier molecular flexibility index (Phi) is 5.25. The number of hydrogen-bond donors (Lipinski definition) is 0. The van der Waals surface area contributed by atoms with Crippen molar-refractivity contribution in [3.05, 3.63) is 12.2 Å². The summed E-state index contributed by atoms with van der Waals surface area (Å²) in [5, 5.41) is 0. The molecular formula is C11H18O2Si. The van der Waals surface area contributed by atoms with Crippen molar-refractivity contribution in [1.29, 1.82) is 0 Å². The van der Waals surface area contributed by atoms with Crippen LogP contribution < -0.4 is 0 Å². The highest BCUT2D eigenvalue weighted by Gasteiger charge is 2.08.